The van der Waals surface area contributed by atoms with Crippen LogP contribution < -0.4 is 10.6 Å². The maximum atomic E-state index is 14.9. The van der Waals surface area contributed by atoms with E-state index >= 15 is 0 Å². The van der Waals surface area contributed by atoms with Crippen LogP contribution in [-0.2, 0) is 20.0 Å². The van der Waals surface area contributed by atoms with Crippen molar-refractivity contribution in [1.82, 2.24) is 15.1 Å². The standard InChI is InChI=1S/C36H49FN4O4S/c1-45-35(42)39-34-8-3-7-33(34)36(24-40-17-4-18-40,26-5-2-6-27(37)21-26)25-15-19-41(20-16-25)30-22-29(23-30)38-28-9-11-31(12-10-28)46(43,44)32-13-14-32/h2,5-6,9-12,21,25,29-30,32-34,38H,3-4,7-8,13-20,22-24H2,1H3,(H,39,42)/t29?,30?,33-,34-,36-/m0/s1. The van der Waals surface area contributed by atoms with Gasteiger partial charge in [0.15, 0.2) is 9.84 Å². The topological polar surface area (TPSA) is 91.0 Å². The van der Waals surface area contributed by atoms with Crippen molar-refractivity contribution in [3.05, 3.63) is 59.9 Å². The molecule has 250 valence electrons. The molecule has 5 fully saturated rings. The molecule has 3 saturated carbocycles. The van der Waals surface area contributed by atoms with E-state index in [9.17, 15) is 17.6 Å². The lowest BCUT2D eigenvalue weighted by Crippen LogP contribution is -2.60. The maximum absolute atomic E-state index is 14.9. The fourth-order valence-electron chi connectivity index (χ4n) is 9.07. The lowest BCUT2D eigenvalue weighted by molar-refractivity contribution is 0.00658. The third-order valence-electron chi connectivity index (χ3n) is 11.9. The van der Waals surface area contributed by atoms with Gasteiger partial charge in [-0.2, -0.15) is 0 Å². The summed E-state index contributed by atoms with van der Waals surface area (Å²) in [4.78, 5) is 18.1. The summed E-state index contributed by atoms with van der Waals surface area (Å²) in [6, 6.07) is 15.6. The number of rotatable bonds is 11. The number of hydrogen-bond acceptors (Lipinski definition) is 7. The van der Waals surface area contributed by atoms with Crippen molar-refractivity contribution in [1.29, 1.82) is 0 Å². The number of carbonyl (C=O) groups excluding carboxylic acids is 1. The van der Waals surface area contributed by atoms with E-state index in [0.29, 0.717) is 22.9 Å². The fraction of sp³-hybridized carbons (Fsp3) is 0.639. The van der Waals surface area contributed by atoms with E-state index < -0.39 is 9.84 Å². The molecule has 7 rings (SSSR count). The molecule has 5 aliphatic rings. The summed E-state index contributed by atoms with van der Waals surface area (Å²) in [6.07, 6.45) is 9.62. The van der Waals surface area contributed by atoms with Gasteiger partial charge < -0.3 is 25.2 Å². The van der Waals surface area contributed by atoms with Gasteiger partial charge in [0.1, 0.15) is 5.82 Å². The molecule has 46 heavy (non-hydrogen) atoms. The number of halogens is 1. The Bertz CT molecular complexity index is 1480. The number of carbonyl (C=O) groups is 1. The number of nitrogens with zero attached hydrogens (tertiary/aromatic N) is 2. The molecule has 3 atom stereocenters. The number of likely N-dealkylation sites (tertiary alicyclic amines) is 2. The molecule has 3 aliphatic carbocycles. The highest BCUT2D eigenvalue weighted by atomic mass is 32.2. The van der Waals surface area contributed by atoms with Gasteiger partial charge in [-0.3, -0.25) is 0 Å². The molecule has 2 N–H and O–H groups in total. The number of ether oxygens (including phenoxy) is 1. The molecular weight excluding hydrogens is 603 g/mol. The van der Waals surface area contributed by atoms with Crippen molar-refractivity contribution in [3.8, 4) is 0 Å². The van der Waals surface area contributed by atoms with E-state index in [1.165, 1.54) is 13.5 Å². The summed E-state index contributed by atoms with van der Waals surface area (Å²) in [6.45, 7) is 5.10. The van der Waals surface area contributed by atoms with Crippen LogP contribution in [0.5, 0.6) is 0 Å². The minimum absolute atomic E-state index is 0.0105. The normalized spacial score (nSPS) is 28.9. The Morgan fingerprint density at radius 2 is 1.70 bits per heavy atom. The third-order valence-corrected chi connectivity index (χ3v) is 14.1. The zero-order chi connectivity index (χ0) is 31.9. The minimum atomic E-state index is -3.16. The first-order valence-electron chi connectivity index (χ1n) is 17.4. The second-order valence-corrected chi connectivity index (χ2v) is 16.7. The number of alkyl carbamates (subject to hydrolysis) is 1. The molecule has 0 radical (unpaired) electrons. The van der Waals surface area contributed by atoms with Gasteiger partial charge in [-0.05, 0) is 138 Å². The average molecular weight is 653 g/mol. The van der Waals surface area contributed by atoms with E-state index in [1.54, 1.807) is 24.3 Å². The highest BCUT2D eigenvalue weighted by Crippen LogP contribution is 2.52. The average Bonchev–Trinajstić information content (AvgIpc) is 3.79. The molecule has 10 heteroatoms. The lowest BCUT2D eigenvalue weighted by Gasteiger charge is -2.55. The van der Waals surface area contributed by atoms with Gasteiger partial charge in [-0.15, -0.1) is 0 Å². The first-order valence-corrected chi connectivity index (χ1v) is 19.0. The van der Waals surface area contributed by atoms with Crippen molar-refractivity contribution in [3.63, 3.8) is 0 Å². The molecule has 0 unspecified atom stereocenters. The number of piperidine rings is 1. The fourth-order valence-corrected chi connectivity index (χ4v) is 10.7. The number of methoxy groups -OCH3 is 1. The number of nitrogens with one attached hydrogen (secondary N) is 2. The molecule has 0 bridgehead atoms. The summed E-state index contributed by atoms with van der Waals surface area (Å²) in [5.74, 6) is 0.412. The smallest absolute Gasteiger partial charge is 0.407 e. The summed E-state index contributed by atoms with van der Waals surface area (Å²) < 4.78 is 45.0. The highest BCUT2D eigenvalue weighted by molar-refractivity contribution is 7.92. The Hall–Kier alpha value is -2.69. The minimum Gasteiger partial charge on any atom is -0.453 e. The van der Waals surface area contributed by atoms with E-state index in [-0.39, 0.29) is 34.5 Å². The molecule has 2 saturated heterocycles. The van der Waals surface area contributed by atoms with Crippen LogP contribution in [0.2, 0.25) is 0 Å². The molecule has 2 aromatic rings. The molecule has 2 heterocycles. The van der Waals surface area contributed by atoms with Gasteiger partial charge in [0, 0.05) is 35.8 Å². The summed E-state index contributed by atoms with van der Waals surface area (Å²) >= 11 is 0. The van der Waals surface area contributed by atoms with Gasteiger partial charge >= 0.3 is 6.09 Å². The van der Waals surface area contributed by atoms with Gasteiger partial charge in [0.25, 0.3) is 0 Å². The largest absolute Gasteiger partial charge is 0.453 e. The van der Waals surface area contributed by atoms with E-state index in [1.807, 2.05) is 18.2 Å². The Kier molecular flexibility index (Phi) is 9.06. The molecule has 0 spiro atoms. The van der Waals surface area contributed by atoms with Crippen LogP contribution in [0.25, 0.3) is 0 Å². The molecular formula is C36H49FN4O4S. The van der Waals surface area contributed by atoms with E-state index in [0.717, 1.165) is 102 Å². The van der Waals surface area contributed by atoms with E-state index in [2.05, 4.69) is 26.5 Å². The van der Waals surface area contributed by atoms with Crippen molar-refractivity contribution in [2.24, 2.45) is 11.8 Å². The second-order valence-electron chi connectivity index (χ2n) is 14.5. The summed E-state index contributed by atoms with van der Waals surface area (Å²) in [7, 11) is -1.74. The summed E-state index contributed by atoms with van der Waals surface area (Å²) in [5.41, 5.74) is 1.82. The van der Waals surface area contributed by atoms with Gasteiger partial charge in [0.05, 0.1) is 17.3 Å². The molecule has 2 aromatic carbocycles. The monoisotopic (exact) mass is 652 g/mol. The Labute approximate surface area is 273 Å². The zero-order valence-corrected chi connectivity index (χ0v) is 27.8. The van der Waals surface area contributed by atoms with Crippen LogP contribution in [0.3, 0.4) is 0 Å². The predicted octanol–water partition coefficient (Wildman–Crippen LogP) is 5.59. The molecule has 1 amide bonds. The number of sulfone groups is 1. The van der Waals surface area contributed by atoms with E-state index in [4.69, 9.17) is 4.74 Å². The molecule has 8 nitrogen and oxygen atoms in total. The van der Waals surface area contributed by atoms with Crippen molar-refractivity contribution in [2.75, 3.05) is 45.2 Å². The highest BCUT2D eigenvalue weighted by Gasteiger charge is 2.53. The lowest BCUT2D eigenvalue weighted by atomic mass is 9.57. The predicted molar refractivity (Wildman–Crippen MR) is 177 cm³/mol. The van der Waals surface area contributed by atoms with Crippen LogP contribution >= 0.6 is 0 Å². The SMILES string of the molecule is COC(=O)N[C@H]1CCC[C@@H]1[C@](CN1CCC1)(c1cccc(F)c1)C1CCN(C2CC(Nc3ccc(S(=O)(=O)C4CC4)cc3)C2)CC1. The zero-order valence-electron chi connectivity index (χ0n) is 27.0. The van der Waals surface area contributed by atoms with Crippen molar-refractivity contribution in [2.45, 2.75) is 97.9 Å². The number of hydrogen-bond donors (Lipinski definition) is 2. The van der Waals surface area contributed by atoms with Gasteiger partial charge in [0.2, 0.25) is 0 Å². The van der Waals surface area contributed by atoms with Crippen LogP contribution in [-0.4, -0.2) is 87.5 Å². The summed E-state index contributed by atoms with van der Waals surface area (Å²) in [5, 5.41) is 6.62. The quantitative estimate of drug-likeness (QED) is 0.327. The van der Waals surface area contributed by atoms with Crippen LogP contribution in [0.15, 0.2) is 53.4 Å². The molecule has 2 aliphatic heterocycles. The van der Waals surface area contributed by atoms with Crippen LogP contribution in [0.1, 0.15) is 69.8 Å². The van der Waals surface area contributed by atoms with Crippen molar-refractivity contribution < 1.29 is 22.3 Å². The number of benzene rings is 2. The number of anilines is 1. The first kappa shape index (κ1) is 31.9. The Morgan fingerprint density at radius 1 is 0.957 bits per heavy atom. The van der Waals surface area contributed by atoms with Crippen LogP contribution in [0, 0.1) is 17.7 Å². The van der Waals surface area contributed by atoms with Crippen LogP contribution in [0.4, 0.5) is 14.9 Å². The van der Waals surface area contributed by atoms with Crippen molar-refractivity contribution >= 4 is 21.6 Å². The Balaban J connectivity index is 1.03. The Morgan fingerprint density at radius 3 is 2.33 bits per heavy atom. The number of amides is 1. The van der Waals surface area contributed by atoms with Gasteiger partial charge in [-0.1, -0.05) is 18.6 Å². The second kappa shape index (κ2) is 13.1. The van der Waals surface area contributed by atoms with Gasteiger partial charge in [-0.25, -0.2) is 17.6 Å². The molecule has 0 aromatic heterocycles. The first-order chi connectivity index (χ1) is 22.3. The third kappa shape index (κ3) is 6.29. The maximum Gasteiger partial charge on any atom is 0.407 e.